The summed E-state index contributed by atoms with van der Waals surface area (Å²) < 4.78 is 0. The van der Waals surface area contributed by atoms with E-state index in [0.29, 0.717) is 6.42 Å². The van der Waals surface area contributed by atoms with Gasteiger partial charge in [0.25, 0.3) is 0 Å². The molecule has 0 heterocycles. The largest absolute Gasteiger partial charge is 0.381 e. The molecule has 2 nitrogen and oxygen atoms in total. The summed E-state index contributed by atoms with van der Waals surface area (Å²) in [5.41, 5.74) is 1.07. The lowest BCUT2D eigenvalue weighted by Crippen LogP contribution is -2.52. The van der Waals surface area contributed by atoms with Crippen LogP contribution in [0.5, 0.6) is 0 Å². The van der Waals surface area contributed by atoms with Crippen molar-refractivity contribution in [2.24, 2.45) is 11.3 Å². The fourth-order valence-corrected chi connectivity index (χ4v) is 3.57. The molecule has 0 bridgehead atoms. The summed E-state index contributed by atoms with van der Waals surface area (Å²) in [6.07, 6.45) is 4.86. The van der Waals surface area contributed by atoms with Gasteiger partial charge in [0.1, 0.15) is 5.60 Å². The molecule has 0 aromatic carbocycles. The first-order valence-electron chi connectivity index (χ1n) is 6.79. The van der Waals surface area contributed by atoms with Gasteiger partial charge in [0.05, 0.1) is 0 Å². The first-order valence-corrected chi connectivity index (χ1v) is 6.79. The van der Waals surface area contributed by atoms with Crippen molar-refractivity contribution < 1.29 is 9.90 Å². The van der Waals surface area contributed by atoms with Crippen molar-refractivity contribution in [3.8, 4) is 0 Å². The Hall–Kier alpha value is -0.630. The number of carbonyl (C=O) groups is 1. The fourth-order valence-electron chi connectivity index (χ4n) is 3.57. The number of hydrogen-bond acceptors (Lipinski definition) is 2. The normalized spacial score (nSPS) is 38.6. The number of fused-ring (bicyclic) bond motifs is 1. The van der Waals surface area contributed by atoms with E-state index in [2.05, 4.69) is 13.8 Å². The fraction of sp³-hybridized carbons (Fsp3) is 0.800. The predicted octanol–water partition coefficient (Wildman–Crippen LogP) is 3.24. The zero-order valence-corrected chi connectivity index (χ0v) is 11.5. The molecule has 0 aromatic rings. The minimum atomic E-state index is -1.12. The zero-order chi connectivity index (χ0) is 12.8. The van der Waals surface area contributed by atoms with Crippen molar-refractivity contribution in [2.45, 2.75) is 65.4 Å². The second kappa shape index (κ2) is 3.94. The molecule has 2 aliphatic rings. The van der Waals surface area contributed by atoms with E-state index in [9.17, 15) is 9.90 Å². The Morgan fingerprint density at radius 1 is 1.24 bits per heavy atom. The molecule has 2 rings (SSSR count). The molecule has 2 aliphatic carbocycles. The first-order chi connectivity index (χ1) is 7.81. The molecule has 17 heavy (non-hydrogen) atoms. The molecule has 2 heteroatoms. The maximum Gasteiger partial charge on any atom is 0.191 e. The van der Waals surface area contributed by atoms with Gasteiger partial charge < -0.3 is 5.11 Å². The Morgan fingerprint density at radius 3 is 2.47 bits per heavy atom. The van der Waals surface area contributed by atoms with Crippen LogP contribution in [0.3, 0.4) is 0 Å². The van der Waals surface area contributed by atoms with E-state index in [1.807, 2.05) is 13.8 Å². The van der Waals surface area contributed by atoms with E-state index in [4.69, 9.17) is 0 Å². The molecule has 1 fully saturated rings. The van der Waals surface area contributed by atoms with Crippen molar-refractivity contribution in [2.75, 3.05) is 0 Å². The van der Waals surface area contributed by atoms with Crippen molar-refractivity contribution in [3.63, 3.8) is 0 Å². The smallest absolute Gasteiger partial charge is 0.191 e. The highest BCUT2D eigenvalue weighted by molar-refractivity contribution is 6.04. The summed E-state index contributed by atoms with van der Waals surface area (Å²) in [7, 11) is 0. The van der Waals surface area contributed by atoms with Crippen LogP contribution in [-0.2, 0) is 4.79 Å². The molecule has 2 atom stereocenters. The van der Waals surface area contributed by atoms with E-state index < -0.39 is 5.60 Å². The number of allylic oxidation sites excluding steroid dienone is 1. The van der Waals surface area contributed by atoms with Gasteiger partial charge in [0, 0.05) is 5.57 Å². The topological polar surface area (TPSA) is 37.3 Å². The standard InChI is InChI=1S/C15H24O2/c1-10(2)15(17)9-8-14(4)7-5-6-11(3)12(14)13(15)16/h10,17H,5-9H2,1-4H3. The van der Waals surface area contributed by atoms with Crippen molar-refractivity contribution in [3.05, 3.63) is 11.1 Å². The van der Waals surface area contributed by atoms with Crippen LogP contribution in [0.4, 0.5) is 0 Å². The van der Waals surface area contributed by atoms with Crippen LogP contribution in [0.25, 0.3) is 0 Å². The van der Waals surface area contributed by atoms with Crippen LogP contribution in [0, 0.1) is 11.3 Å². The van der Waals surface area contributed by atoms with Gasteiger partial charge in [0.15, 0.2) is 5.78 Å². The summed E-state index contributed by atoms with van der Waals surface area (Å²) in [4.78, 5) is 12.6. The van der Waals surface area contributed by atoms with Crippen LogP contribution < -0.4 is 0 Å². The van der Waals surface area contributed by atoms with Crippen molar-refractivity contribution in [1.29, 1.82) is 0 Å². The second-order valence-electron chi connectivity index (χ2n) is 6.48. The molecule has 0 saturated heterocycles. The lowest BCUT2D eigenvalue weighted by atomic mass is 9.58. The molecule has 0 aromatic heterocycles. The predicted molar refractivity (Wildman–Crippen MR) is 68.7 cm³/mol. The van der Waals surface area contributed by atoms with Gasteiger partial charge in [-0.15, -0.1) is 0 Å². The van der Waals surface area contributed by atoms with E-state index in [0.717, 1.165) is 24.8 Å². The van der Waals surface area contributed by atoms with Gasteiger partial charge in [0.2, 0.25) is 0 Å². The highest BCUT2D eigenvalue weighted by atomic mass is 16.3. The van der Waals surface area contributed by atoms with Crippen LogP contribution in [0.15, 0.2) is 11.1 Å². The molecule has 1 N–H and O–H groups in total. The summed E-state index contributed by atoms with van der Waals surface area (Å²) in [5, 5.41) is 10.6. The average molecular weight is 236 g/mol. The highest BCUT2D eigenvalue weighted by Gasteiger charge is 2.51. The Morgan fingerprint density at radius 2 is 1.88 bits per heavy atom. The third kappa shape index (κ3) is 1.77. The minimum Gasteiger partial charge on any atom is -0.381 e. The van der Waals surface area contributed by atoms with E-state index in [1.165, 1.54) is 12.0 Å². The number of hydrogen-bond donors (Lipinski definition) is 1. The lowest BCUT2D eigenvalue weighted by Gasteiger charge is -2.47. The molecule has 0 aliphatic heterocycles. The molecule has 2 unspecified atom stereocenters. The van der Waals surface area contributed by atoms with Crippen molar-refractivity contribution in [1.82, 2.24) is 0 Å². The number of Topliss-reactive ketones (excluding diaryl/α,β-unsaturated/α-hetero) is 1. The Balaban J connectivity index is 2.47. The zero-order valence-electron chi connectivity index (χ0n) is 11.5. The number of carbonyl (C=O) groups excluding carboxylic acids is 1. The monoisotopic (exact) mass is 236 g/mol. The SMILES string of the molecule is CC1=C2C(=O)C(O)(C(C)C)CCC2(C)CCC1. The molecular formula is C15H24O2. The lowest BCUT2D eigenvalue weighted by molar-refractivity contribution is -0.145. The summed E-state index contributed by atoms with van der Waals surface area (Å²) >= 11 is 0. The molecule has 0 radical (unpaired) electrons. The van der Waals surface area contributed by atoms with E-state index in [-0.39, 0.29) is 17.1 Å². The molecule has 0 amide bonds. The van der Waals surface area contributed by atoms with Crippen LogP contribution >= 0.6 is 0 Å². The van der Waals surface area contributed by atoms with Gasteiger partial charge in [-0.2, -0.15) is 0 Å². The number of ketones is 1. The molecule has 0 spiro atoms. The van der Waals surface area contributed by atoms with Crippen LogP contribution in [0.2, 0.25) is 0 Å². The number of aliphatic hydroxyl groups is 1. The van der Waals surface area contributed by atoms with Gasteiger partial charge in [-0.1, -0.05) is 26.3 Å². The Labute approximate surface area is 104 Å². The quantitative estimate of drug-likeness (QED) is 0.759. The van der Waals surface area contributed by atoms with Gasteiger partial charge in [-0.3, -0.25) is 4.79 Å². The summed E-state index contributed by atoms with van der Waals surface area (Å²) in [5.74, 6) is 0.0141. The molecular weight excluding hydrogens is 212 g/mol. The van der Waals surface area contributed by atoms with Gasteiger partial charge >= 0.3 is 0 Å². The third-order valence-electron chi connectivity index (χ3n) is 4.94. The average Bonchev–Trinajstić information content (AvgIpc) is 2.24. The number of rotatable bonds is 1. The summed E-state index contributed by atoms with van der Waals surface area (Å²) in [6, 6.07) is 0. The molecule has 1 saturated carbocycles. The third-order valence-corrected chi connectivity index (χ3v) is 4.94. The van der Waals surface area contributed by atoms with Gasteiger partial charge in [-0.05, 0) is 50.4 Å². The summed E-state index contributed by atoms with van der Waals surface area (Å²) in [6.45, 7) is 8.15. The van der Waals surface area contributed by atoms with E-state index in [1.54, 1.807) is 0 Å². The Bertz CT molecular complexity index is 380. The Kier molecular flexibility index (Phi) is 2.97. The first kappa shape index (κ1) is 12.8. The molecule has 96 valence electrons. The van der Waals surface area contributed by atoms with Crippen LogP contribution in [-0.4, -0.2) is 16.5 Å². The van der Waals surface area contributed by atoms with Crippen molar-refractivity contribution >= 4 is 5.78 Å². The van der Waals surface area contributed by atoms with Crippen LogP contribution in [0.1, 0.15) is 59.8 Å². The maximum absolute atomic E-state index is 12.6. The van der Waals surface area contributed by atoms with E-state index >= 15 is 0 Å². The second-order valence-corrected chi connectivity index (χ2v) is 6.48. The minimum absolute atomic E-state index is 0.00164. The highest BCUT2D eigenvalue weighted by Crippen LogP contribution is 2.51. The maximum atomic E-state index is 12.6. The van der Waals surface area contributed by atoms with Gasteiger partial charge in [-0.25, -0.2) is 0 Å².